The van der Waals surface area contributed by atoms with Crippen molar-refractivity contribution in [2.45, 2.75) is 32.1 Å². The van der Waals surface area contributed by atoms with Crippen LogP contribution in [0.1, 0.15) is 32.1 Å². The third-order valence-electron chi connectivity index (χ3n) is 4.83. The Morgan fingerprint density at radius 3 is 2.12 bits per heavy atom. The topological polar surface area (TPSA) is 78.5 Å². The number of hydrazine groups is 1. The van der Waals surface area contributed by atoms with Crippen molar-refractivity contribution >= 4 is 58.2 Å². The normalized spacial score (nSPS) is 22.3. The highest BCUT2D eigenvalue weighted by Crippen LogP contribution is 2.38. The van der Waals surface area contributed by atoms with Gasteiger partial charge in [-0.2, -0.15) is 0 Å². The number of carbonyl (C=O) groups excluding carboxylic acids is 3. The Morgan fingerprint density at radius 1 is 1.04 bits per heavy atom. The molecule has 2 unspecified atom stereocenters. The fourth-order valence-electron chi connectivity index (χ4n) is 3.52. The summed E-state index contributed by atoms with van der Waals surface area (Å²) in [5.41, 5.74) is 5.44. The summed E-state index contributed by atoms with van der Waals surface area (Å²) in [6, 6.07) is 2.99. The Hall–Kier alpha value is -1.50. The average molecular weight is 419 g/mol. The van der Waals surface area contributed by atoms with E-state index in [0.717, 1.165) is 25.7 Å². The lowest BCUT2D eigenvalue weighted by Crippen LogP contribution is -2.37. The number of imide groups is 1. The minimum Gasteiger partial charge on any atom is -0.296 e. The second-order valence-electron chi connectivity index (χ2n) is 6.49. The number of anilines is 1. The van der Waals surface area contributed by atoms with E-state index in [0.29, 0.717) is 10.7 Å². The lowest BCUT2D eigenvalue weighted by molar-refractivity contribution is -0.140. The van der Waals surface area contributed by atoms with E-state index in [2.05, 4.69) is 10.9 Å². The molecule has 0 spiro atoms. The van der Waals surface area contributed by atoms with Gasteiger partial charge in [0.15, 0.2) is 0 Å². The van der Waals surface area contributed by atoms with Crippen LogP contribution >= 0.6 is 34.8 Å². The average Bonchev–Trinajstić information content (AvgIpc) is 2.83. The van der Waals surface area contributed by atoms with Crippen LogP contribution < -0.4 is 10.9 Å². The Balaban J connectivity index is 1.53. The number of nitrogens with zero attached hydrogens (tertiary/aromatic N) is 1. The van der Waals surface area contributed by atoms with E-state index in [1.54, 1.807) is 0 Å². The van der Waals surface area contributed by atoms with Crippen molar-refractivity contribution in [1.29, 1.82) is 0 Å². The van der Waals surface area contributed by atoms with Crippen LogP contribution in [-0.4, -0.2) is 29.2 Å². The molecule has 1 heterocycles. The number of rotatable bonds is 5. The molecule has 3 rings (SSSR count). The number of likely N-dealkylation sites (tertiary alicyclic amines) is 1. The van der Waals surface area contributed by atoms with Gasteiger partial charge in [0.25, 0.3) is 0 Å². The molecule has 6 nitrogen and oxygen atoms in total. The molecule has 1 aromatic carbocycles. The lowest BCUT2D eigenvalue weighted by Gasteiger charge is -2.19. The van der Waals surface area contributed by atoms with Gasteiger partial charge in [0.05, 0.1) is 27.6 Å². The molecule has 1 aliphatic carbocycles. The standard InChI is InChI=1S/C17H18Cl3N3O3/c18-9-7-12(19)15(13(20)8-9)22-21-14(24)5-6-23-16(25)10-3-1-2-4-11(10)17(23)26/h7-8,10-11,22H,1-6H2,(H,21,24). The van der Waals surface area contributed by atoms with Gasteiger partial charge in [-0.05, 0) is 25.0 Å². The third kappa shape index (κ3) is 3.92. The summed E-state index contributed by atoms with van der Waals surface area (Å²) < 4.78 is 0. The van der Waals surface area contributed by atoms with Crippen molar-refractivity contribution in [1.82, 2.24) is 10.3 Å². The predicted octanol–water partition coefficient (Wildman–Crippen LogP) is 3.66. The van der Waals surface area contributed by atoms with Crippen LogP contribution in [0.15, 0.2) is 12.1 Å². The Kier molecular flexibility index (Phi) is 5.95. The van der Waals surface area contributed by atoms with E-state index in [1.807, 2.05) is 0 Å². The van der Waals surface area contributed by atoms with Crippen molar-refractivity contribution < 1.29 is 14.4 Å². The first-order valence-electron chi connectivity index (χ1n) is 8.43. The molecule has 26 heavy (non-hydrogen) atoms. The zero-order valence-corrected chi connectivity index (χ0v) is 16.1. The van der Waals surface area contributed by atoms with Gasteiger partial charge in [-0.3, -0.25) is 30.1 Å². The minimum absolute atomic E-state index is 0.00719. The van der Waals surface area contributed by atoms with E-state index < -0.39 is 0 Å². The van der Waals surface area contributed by atoms with Crippen molar-refractivity contribution in [3.63, 3.8) is 0 Å². The van der Waals surface area contributed by atoms with Crippen molar-refractivity contribution in [2.75, 3.05) is 12.0 Å². The molecule has 1 aliphatic heterocycles. The molecule has 1 aromatic rings. The smallest absolute Gasteiger partial charge is 0.240 e. The highest BCUT2D eigenvalue weighted by Gasteiger charge is 2.47. The number of hydrogen-bond donors (Lipinski definition) is 2. The van der Waals surface area contributed by atoms with Gasteiger partial charge in [-0.15, -0.1) is 0 Å². The molecule has 3 amide bonds. The van der Waals surface area contributed by atoms with Gasteiger partial charge < -0.3 is 0 Å². The molecule has 0 aromatic heterocycles. The number of carbonyl (C=O) groups is 3. The van der Waals surface area contributed by atoms with Crippen molar-refractivity contribution in [3.8, 4) is 0 Å². The Labute approximate surface area is 166 Å². The molecule has 2 atom stereocenters. The van der Waals surface area contributed by atoms with E-state index in [-0.39, 0.29) is 52.6 Å². The van der Waals surface area contributed by atoms with Gasteiger partial charge in [-0.25, -0.2) is 0 Å². The third-order valence-corrected chi connectivity index (χ3v) is 5.64. The van der Waals surface area contributed by atoms with Gasteiger partial charge in [-0.1, -0.05) is 47.6 Å². The summed E-state index contributed by atoms with van der Waals surface area (Å²) in [6.45, 7) is 0.0697. The fourth-order valence-corrected chi connectivity index (χ4v) is 4.43. The van der Waals surface area contributed by atoms with Crippen LogP contribution in [0.3, 0.4) is 0 Å². The quantitative estimate of drug-likeness (QED) is 0.565. The second-order valence-corrected chi connectivity index (χ2v) is 7.74. The molecule has 2 fully saturated rings. The van der Waals surface area contributed by atoms with Gasteiger partial charge in [0.1, 0.15) is 0 Å². The first-order valence-corrected chi connectivity index (χ1v) is 9.56. The molecule has 1 saturated carbocycles. The molecular weight excluding hydrogens is 401 g/mol. The zero-order chi connectivity index (χ0) is 18.8. The number of halogens is 3. The van der Waals surface area contributed by atoms with Crippen LogP contribution in [-0.2, 0) is 14.4 Å². The molecule has 1 saturated heterocycles. The SMILES string of the molecule is O=C(CCN1C(=O)C2CCCCC2C1=O)NNc1c(Cl)cc(Cl)cc1Cl. The van der Waals surface area contributed by atoms with E-state index in [9.17, 15) is 14.4 Å². The van der Waals surface area contributed by atoms with Crippen LogP contribution in [0.25, 0.3) is 0 Å². The summed E-state index contributed by atoms with van der Waals surface area (Å²) >= 11 is 17.9. The summed E-state index contributed by atoms with van der Waals surface area (Å²) in [5.74, 6) is -1.09. The number of nitrogens with one attached hydrogen (secondary N) is 2. The maximum Gasteiger partial charge on any atom is 0.240 e. The molecule has 0 radical (unpaired) electrons. The molecule has 140 valence electrons. The summed E-state index contributed by atoms with van der Waals surface area (Å²) in [6.07, 6.45) is 3.45. The molecule has 2 N–H and O–H groups in total. The number of amides is 3. The number of hydrogen-bond acceptors (Lipinski definition) is 4. The van der Waals surface area contributed by atoms with Gasteiger partial charge in [0.2, 0.25) is 17.7 Å². The molecule has 9 heteroatoms. The van der Waals surface area contributed by atoms with Crippen LogP contribution in [0.2, 0.25) is 15.1 Å². The van der Waals surface area contributed by atoms with Gasteiger partial charge >= 0.3 is 0 Å². The minimum atomic E-state index is -0.387. The van der Waals surface area contributed by atoms with Crippen LogP contribution in [0.4, 0.5) is 5.69 Å². The zero-order valence-electron chi connectivity index (χ0n) is 13.9. The van der Waals surface area contributed by atoms with Crippen LogP contribution in [0.5, 0.6) is 0 Å². The molecule has 0 bridgehead atoms. The van der Waals surface area contributed by atoms with Crippen molar-refractivity contribution in [2.24, 2.45) is 11.8 Å². The van der Waals surface area contributed by atoms with Crippen molar-refractivity contribution in [3.05, 3.63) is 27.2 Å². The largest absolute Gasteiger partial charge is 0.296 e. The lowest BCUT2D eigenvalue weighted by atomic mass is 9.81. The molecular formula is C17H18Cl3N3O3. The summed E-state index contributed by atoms with van der Waals surface area (Å²) in [4.78, 5) is 38.0. The number of benzene rings is 1. The highest BCUT2D eigenvalue weighted by atomic mass is 35.5. The molecule has 2 aliphatic rings. The Bertz CT molecular complexity index is 709. The monoisotopic (exact) mass is 417 g/mol. The second kappa shape index (κ2) is 8.03. The predicted molar refractivity (Wildman–Crippen MR) is 100 cm³/mol. The summed E-state index contributed by atoms with van der Waals surface area (Å²) in [7, 11) is 0. The first kappa shape index (κ1) is 19.3. The fraction of sp³-hybridized carbons (Fsp3) is 0.471. The maximum atomic E-state index is 12.4. The van der Waals surface area contributed by atoms with E-state index >= 15 is 0 Å². The van der Waals surface area contributed by atoms with E-state index in [1.165, 1.54) is 17.0 Å². The first-order chi connectivity index (χ1) is 12.4. The van der Waals surface area contributed by atoms with E-state index in [4.69, 9.17) is 34.8 Å². The summed E-state index contributed by atoms with van der Waals surface area (Å²) in [5, 5.41) is 0.901. The number of fused-ring (bicyclic) bond motifs is 1. The van der Waals surface area contributed by atoms with Gasteiger partial charge in [0, 0.05) is 18.0 Å². The Morgan fingerprint density at radius 2 is 1.58 bits per heavy atom. The highest BCUT2D eigenvalue weighted by molar-refractivity contribution is 6.41. The maximum absolute atomic E-state index is 12.4. The van der Waals surface area contributed by atoms with Crippen LogP contribution in [0, 0.1) is 11.8 Å².